The minimum Gasteiger partial charge on any atom is -0.389 e. The van der Waals surface area contributed by atoms with Gasteiger partial charge in [-0.25, -0.2) is 4.98 Å². The van der Waals surface area contributed by atoms with Crippen molar-refractivity contribution in [1.82, 2.24) is 4.98 Å². The van der Waals surface area contributed by atoms with Gasteiger partial charge in [-0.15, -0.1) is 0 Å². The molecule has 1 aliphatic carbocycles. The maximum absolute atomic E-state index is 5.90. The molecule has 0 atom stereocenters. The lowest BCUT2D eigenvalue weighted by Gasteiger charge is -2.22. The molecule has 1 aliphatic rings. The number of nitrogens with two attached hydrogens (primary N) is 1. The van der Waals surface area contributed by atoms with E-state index in [4.69, 9.17) is 22.9 Å². The molecular weight excluding hydrogens is 278 g/mol. The number of anilines is 1. The van der Waals surface area contributed by atoms with Gasteiger partial charge in [0.05, 0.1) is 5.56 Å². The minimum atomic E-state index is 0.423. The zero-order valence-electron chi connectivity index (χ0n) is 12.2. The van der Waals surface area contributed by atoms with Crippen molar-refractivity contribution in [2.45, 2.75) is 25.8 Å². The van der Waals surface area contributed by atoms with Crippen LogP contribution < -0.4 is 10.6 Å². The SMILES string of the molecule is CN(Cc1ccccc1)c1nc2c(cc1C(N)=S)CCC2. The van der Waals surface area contributed by atoms with E-state index in [1.807, 2.05) is 25.2 Å². The summed E-state index contributed by atoms with van der Waals surface area (Å²) in [7, 11) is 2.04. The number of benzene rings is 1. The molecule has 1 aromatic carbocycles. The molecule has 0 radical (unpaired) electrons. The van der Waals surface area contributed by atoms with Crippen LogP contribution in [-0.2, 0) is 19.4 Å². The molecule has 1 heterocycles. The van der Waals surface area contributed by atoms with E-state index in [0.717, 1.165) is 30.8 Å². The average molecular weight is 297 g/mol. The van der Waals surface area contributed by atoms with Crippen molar-refractivity contribution in [3.05, 3.63) is 58.8 Å². The average Bonchev–Trinajstić information content (AvgIpc) is 2.94. The van der Waals surface area contributed by atoms with E-state index in [1.54, 1.807) is 0 Å². The third kappa shape index (κ3) is 2.90. The van der Waals surface area contributed by atoms with Gasteiger partial charge in [0.2, 0.25) is 0 Å². The number of rotatable bonds is 4. The first-order chi connectivity index (χ1) is 10.1. The van der Waals surface area contributed by atoms with Crippen LogP contribution in [0.5, 0.6) is 0 Å². The first-order valence-corrected chi connectivity index (χ1v) is 7.63. The Morgan fingerprint density at radius 1 is 1.29 bits per heavy atom. The smallest absolute Gasteiger partial charge is 0.139 e. The summed E-state index contributed by atoms with van der Waals surface area (Å²) in [5, 5.41) is 0. The molecule has 108 valence electrons. The highest BCUT2D eigenvalue weighted by molar-refractivity contribution is 7.80. The Hall–Kier alpha value is -1.94. The molecule has 0 aliphatic heterocycles. The summed E-state index contributed by atoms with van der Waals surface area (Å²) in [4.78, 5) is 7.38. The van der Waals surface area contributed by atoms with E-state index in [1.165, 1.54) is 23.2 Å². The highest BCUT2D eigenvalue weighted by Gasteiger charge is 2.19. The second kappa shape index (κ2) is 5.82. The first-order valence-electron chi connectivity index (χ1n) is 7.23. The van der Waals surface area contributed by atoms with Crippen LogP contribution in [0.2, 0.25) is 0 Å². The van der Waals surface area contributed by atoms with E-state index in [2.05, 4.69) is 23.1 Å². The number of hydrogen-bond acceptors (Lipinski definition) is 3. The predicted octanol–water partition coefficient (Wildman–Crippen LogP) is 2.84. The Morgan fingerprint density at radius 2 is 2.05 bits per heavy atom. The number of hydrogen-bond donors (Lipinski definition) is 1. The number of pyridine rings is 1. The maximum Gasteiger partial charge on any atom is 0.139 e. The summed E-state index contributed by atoms with van der Waals surface area (Å²) < 4.78 is 0. The minimum absolute atomic E-state index is 0.423. The molecule has 0 amide bonds. The van der Waals surface area contributed by atoms with Crippen LogP contribution in [0.4, 0.5) is 5.82 Å². The second-order valence-electron chi connectivity index (χ2n) is 5.52. The van der Waals surface area contributed by atoms with Gasteiger partial charge in [-0.3, -0.25) is 0 Å². The zero-order chi connectivity index (χ0) is 14.8. The quantitative estimate of drug-likeness (QED) is 0.881. The van der Waals surface area contributed by atoms with E-state index in [9.17, 15) is 0 Å². The molecule has 3 rings (SSSR count). The van der Waals surface area contributed by atoms with Gasteiger partial charge in [0.15, 0.2) is 0 Å². The summed E-state index contributed by atoms with van der Waals surface area (Å²) in [5.41, 5.74) is 10.5. The number of fused-ring (bicyclic) bond motifs is 1. The zero-order valence-corrected chi connectivity index (χ0v) is 13.0. The maximum atomic E-state index is 5.90. The lowest BCUT2D eigenvalue weighted by Crippen LogP contribution is -2.23. The summed E-state index contributed by atoms with van der Waals surface area (Å²) in [6.07, 6.45) is 3.31. The molecule has 2 N–H and O–H groups in total. The Kier molecular flexibility index (Phi) is 3.88. The van der Waals surface area contributed by atoms with E-state index < -0.39 is 0 Å². The molecule has 0 fully saturated rings. The molecule has 2 aromatic rings. The molecule has 0 saturated carbocycles. The molecule has 0 bridgehead atoms. The molecule has 21 heavy (non-hydrogen) atoms. The Bertz CT molecular complexity index is 667. The molecule has 0 spiro atoms. The van der Waals surface area contributed by atoms with E-state index in [-0.39, 0.29) is 0 Å². The van der Waals surface area contributed by atoms with Crippen molar-refractivity contribution < 1.29 is 0 Å². The van der Waals surface area contributed by atoms with Gasteiger partial charge in [-0.05, 0) is 36.5 Å². The van der Waals surface area contributed by atoms with Crippen molar-refractivity contribution in [2.24, 2.45) is 5.73 Å². The van der Waals surface area contributed by atoms with Crippen LogP contribution in [0.15, 0.2) is 36.4 Å². The highest BCUT2D eigenvalue weighted by atomic mass is 32.1. The Morgan fingerprint density at radius 3 is 2.76 bits per heavy atom. The first kappa shape index (κ1) is 14.0. The standard InChI is InChI=1S/C17H19N3S/c1-20(11-12-6-3-2-4-7-12)17-14(16(18)21)10-13-8-5-9-15(13)19-17/h2-4,6-7,10H,5,8-9,11H2,1H3,(H2,18,21). The topological polar surface area (TPSA) is 42.2 Å². The van der Waals surface area contributed by atoms with Crippen LogP contribution in [0, 0.1) is 0 Å². The van der Waals surface area contributed by atoms with E-state index in [0.29, 0.717) is 4.99 Å². The van der Waals surface area contributed by atoms with Crippen molar-refractivity contribution in [3.8, 4) is 0 Å². The van der Waals surface area contributed by atoms with Crippen LogP contribution in [-0.4, -0.2) is 17.0 Å². The summed E-state index contributed by atoms with van der Waals surface area (Å²) in [5.74, 6) is 0.895. The van der Waals surface area contributed by atoms with Gasteiger partial charge in [0.25, 0.3) is 0 Å². The third-order valence-corrected chi connectivity index (χ3v) is 4.14. The predicted molar refractivity (Wildman–Crippen MR) is 90.7 cm³/mol. The van der Waals surface area contributed by atoms with Gasteiger partial charge in [-0.2, -0.15) is 0 Å². The van der Waals surface area contributed by atoms with Gasteiger partial charge in [-0.1, -0.05) is 42.5 Å². The summed E-state index contributed by atoms with van der Waals surface area (Å²) in [6, 6.07) is 12.5. The number of thiocarbonyl (C=S) groups is 1. The fourth-order valence-electron chi connectivity index (χ4n) is 2.87. The van der Waals surface area contributed by atoms with E-state index >= 15 is 0 Å². The number of aryl methyl sites for hydroxylation is 2. The monoisotopic (exact) mass is 297 g/mol. The third-order valence-electron chi connectivity index (χ3n) is 3.92. The molecule has 0 unspecified atom stereocenters. The molecule has 4 heteroatoms. The van der Waals surface area contributed by atoms with Gasteiger partial charge in [0, 0.05) is 19.3 Å². The summed E-state index contributed by atoms with van der Waals surface area (Å²) in [6.45, 7) is 0.794. The second-order valence-corrected chi connectivity index (χ2v) is 5.96. The van der Waals surface area contributed by atoms with Crippen LogP contribution in [0.25, 0.3) is 0 Å². The molecule has 3 nitrogen and oxygen atoms in total. The van der Waals surface area contributed by atoms with Gasteiger partial charge < -0.3 is 10.6 Å². The van der Waals surface area contributed by atoms with Crippen LogP contribution in [0.3, 0.4) is 0 Å². The molecular formula is C17H19N3S. The summed E-state index contributed by atoms with van der Waals surface area (Å²) >= 11 is 5.22. The fourth-order valence-corrected chi connectivity index (χ4v) is 3.02. The number of nitrogens with zero attached hydrogens (tertiary/aromatic N) is 2. The van der Waals surface area contributed by atoms with Gasteiger partial charge >= 0.3 is 0 Å². The lowest BCUT2D eigenvalue weighted by atomic mass is 10.1. The van der Waals surface area contributed by atoms with Crippen molar-refractivity contribution in [3.63, 3.8) is 0 Å². The Labute approximate surface area is 130 Å². The van der Waals surface area contributed by atoms with Gasteiger partial charge in [0.1, 0.15) is 10.8 Å². The molecule has 0 saturated heterocycles. The lowest BCUT2D eigenvalue weighted by molar-refractivity contribution is 0.872. The molecule has 1 aromatic heterocycles. The van der Waals surface area contributed by atoms with Crippen molar-refractivity contribution in [2.75, 3.05) is 11.9 Å². The number of aromatic nitrogens is 1. The Balaban J connectivity index is 1.95. The fraction of sp³-hybridized carbons (Fsp3) is 0.294. The normalized spacial score (nSPS) is 13.0. The van der Waals surface area contributed by atoms with Crippen LogP contribution >= 0.6 is 12.2 Å². The van der Waals surface area contributed by atoms with Crippen molar-refractivity contribution in [1.29, 1.82) is 0 Å². The van der Waals surface area contributed by atoms with Crippen molar-refractivity contribution >= 4 is 23.0 Å². The van der Waals surface area contributed by atoms with Crippen LogP contribution in [0.1, 0.15) is 28.8 Å². The highest BCUT2D eigenvalue weighted by Crippen LogP contribution is 2.27. The largest absolute Gasteiger partial charge is 0.389 e.